The van der Waals surface area contributed by atoms with Gasteiger partial charge in [0.1, 0.15) is 6.07 Å². The summed E-state index contributed by atoms with van der Waals surface area (Å²) < 4.78 is 37.7. The van der Waals surface area contributed by atoms with Gasteiger partial charge in [-0.1, -0.05) is 41.9 Å². The first-order valence-electron chi connectivity index (χ1n) is 6.85. The molecule has 2 rings (SSSR count). The van der Waals surface area contributed by atoms with Crippen LogP contribution in [0, 0.1) is 35.0 Å². The smallest absolute Gasteiger partial charge is 0.192 e. The Labute approximate surface area is 138 Å². The van der Waals surface area contributed by atoms with Crippen LogP contribution in [-0.4, -0.2) is 0 Å². The molecule has 0 spiro atoms. The lowest BCUT2D eigenvalue weighted by molar-refractivity contribution is -0.137. The Bertz CT molecular complexity index is 923. The number of halogens is 3. The molecule has 24 heavy (non-hydrogen) atoms. The summed E-state index contributed by atoms with van der Waals surface area (Å²) in [4.78, 5) is 0. The number of allylic oxidation sites excluding steroid dienone is 2. The molecule has 2 aromatic rings. The molecule has 0 fully saturated rings. The number of benzene rings is 2. The SMILES string of the molecule is N#Cc1ccccc1C#CC=CC#Cc1cccc(C(F)(F)F)c1. The summed E-state index contributed by atoms with van der Waals surface area (Å²) in [7, 11) is 0. The van der Waals surface area contributed by atoms with Gasteiger partial charge < -0.3 is 0 Å². The predicted octanol–water partition coefficient (Wildman–Crippen LogP) is 4.54. The molecule has 2 aromatic carbocycles. The molecule has 0 N–H and O–H groups in total. The summed E-state index contributed by atoms with van der Waals surface area (Å²) in [6.45, 7) is 0. The fourth-order valence-corrected chi connectivity index (χ4v) is 1.79. The molecule has 0 amide bonds. The maximum atomic E-state index is 12.6. The Morgan fingerprint density at radius 3 is 2.17 bits per heavy atom. The first kappa shape index (κ1) is 16.9. The maximum absolute atomic E-state index is 12.6. The second kappa shape index (κ2) is 7.73. The molecule has 0 saturated heterocycles. The fraction of sp³-hybridized carbons (Fsp3) is 0.0500. The summed E-state index contributed by atoms with van der Waals surface area (Å²) >= 11 is 0. The number of nitrogens with zero attached hydrogens (tertiary/aromatic N) is 1. The van der Waals surface area contributed by atoms with Crippen LogP contribution in [0.15, 0.2) is 60.7 Å². The van der Waals surface area contributed by atoms with Crippen molar-refractivity contribution in [2.75, 3.05) is 0 Å². The highest BCUT2D eigenvalue weighted by atomic mass is 19.4. The average molecular weight is 321 g/mol. The normalized spacial score (nSPS) is 10.2. The van der Waals surface area contributed by atoms with Crippen molar-refractivity contribution >= 4 is 0 Å². The van der Waals surface area contributed by atoms with Gasteiger partial charge in [-0.15, -0.1) is 0 Å². The van der Waals surface area contributed by atoms with Crippen LogP contribution >= 0.6 is 0 Å². The van der Waals surface area contributed by atoms with E-state index in [0.29, 0.717) is 11.1 Å². The summed E-state index contributed by atoms with van der Waals surface area (Å²) in [6, 6.07) is 13.8. The van der Waals surface area contributed by atoms with E-state index in [1.54, 1.807) is 24.3 Å². The van der Waals surface area contributed by atoms with Crippen LogP contribution in [0.3, 0.4) is 0 Å². The lowest BCUT2D eigenvalue weighted by atomic mass is 10.1. The maximum Gasteiger partial charge on any atom is 0.416 e. The van der Waals surface area contributed by atoms with Crippen molar-refractivity contribution in [3.63, 3.8) is 0 Å². The lowest BCUT2D eigenvalue weighted by Crippen LogP contribution is -2.04. The second-order valence-corrected chi connectivity index (χ2v) is 4.61. The highest BCUT2D eigenvalue weighted by Gasteiger charge is 2.30. The standard InChI is InChI=1S/C20H10F3N/c21-20(22,23)19-13-7-9-16(14-19)8-3-1-2-4-10-17-11-5-6-12-18(17)15-24/h1-2,5-7,9,11-14H. The van der Waals surface area contributed by atoms with Crippen molar-refractivity contribution in [2.45, 2.75) is 6.18 Å². The number of hydrogen-bond donors (Lipinski definition) is 0. The Morgan fingerprint density at radius 2 is 1.50 bits per heavy atom. The van der Waals surface area contributed by atoms with Gasteiger partial charge >= 0.3 is 6.18 Å². The molecule has 116 valence electrons. The zero-order chi connectivity index (χ0) is 17.4. The molecule has 0 aromatic heterocycles. The molecule has 1 nitrogen and oxygen atoms in total. The van der Waals surface area contributed by atoms with Crippen LogP contribution in [0.2, 0.25) is 0 Å². The van der Waals surface area contributed by atoms with Crippen LogP contribution < -0.4 is 0 Å². The quantitative estimate of drug-likeness (QED) is 0.654. The Morgan fingerprint density at radius 1 is 0.833 bits per heavy atom. The molecule has 0 bridgehead atoms. The first-order valence-corrected chi connectivity index (χ1v) is 6.85. The minimum absolute atomic E-state index is 0.275. The monoisotopic (exact) mass is 321 g/mol. The Hall–Kier alpha value is -3.42. The van der Waals surface area contributed by atoms with E-state index in [0.717, 1.165) is 12.1 Å². The summed E-state index contributed by atoms with van der Waals surface area (Å²) in [5.41, 5.74) is 0.632. The third-order valence-corrected chi connectivity index (χ3v) is 2.91. The van der Waals surface area contributed by atoms with Crippen LogP contribution in [0.1, 0.15) is 22.3 Å². The summed E-state index contributed by atoms with van der Waals surface area (Å²) in [6.07, 6.45) is -1.45. The zero-order valence-corrected chi connectivity index (χ0v) is 12.4. The van der Waals surface area contributed by atoms with Gasteiger partial charge in [0, 0.05) is 11.1 Å². The third-order valence-electron chi connectivity index (χ3n) is 2.91. The molecule has 0 saturated carbocycles. The van der Waals surface area contributed by atoms with Crippen LogP contribution in [0.5, 0.6) is 0 Å². The van der Waals surface area contributed by atoms with Crippen molar-refractivity contribution in [2.24, 2.45) is 0 Å². The highest BCUT2D eigenvalue weighted by Crippen LogP contribution is 2.29. The second-order valence-electron chi connectivity index (χ2n) is 4.61. The van der Waals surface area contributed by atoms with Crippen molar-refractivity contribution in [3.8, 4) is 29.8 Å². The highest BCUT2D eigenvalue weighted by molar-refractivity contribution is 5.49. The van der Waals surface area contributed by atoms with E-state index in [1.807, 2.05) is 6.07 Å². The molecule has 0 heterocycles. The van der Waals surface area contributed by atoms with Gasteiger partial charge in [0.25, 0.3) is 0 Å². The van der Waals surface area contributed by atoms with E-state index in [4.69, 9.17) is 5.26 Å². The molecular weight excluding hydrogens is 311 g/mol. The zero-order valence-electron chi connectivity index (χ0n) is 12.4. The van der Waals surface area contributed by atoms with Crippen molar-refractivity contribution < 1.29 is 13.2 Å². The van der Waals surface area contributed by atoms with Gasteiger partial charge in [-0.3, -0.25) is 0 Å². The third kappa shape index (κ3) is 4.80. The minimum Gasteiger partial charge on any atom is -0.192 e. The van der Waals surface area contributed by atoms with E-state index in [-0.39, 0.29) is 5.56 Å². The van der Waals surface area contributed by atoms with E-state index in [2.05, 4.69) is 23.7 Å². The van der Waals surface area contributed by atoms with Gasteiger partial charge in [-0.25, -0.2) is 0 Å². The Kier molecular flexibility index (Phi) is 5.45. The van der Waals surface area contributed by atoms with Gasteiger partial charge in [0.15, 0.2) is 0 Å². The minimum atomic E-state index is -4.38. The number of rotatable bonds is 0. The largest absolute Gasteiger partial charge is 0.416 e. The van der Waals surface area contributed by atoms with Crippen molar-refractivity contribution in [1.29, 1.82) is 5.26 Å². The Balaban J connectivity index is 2.08. The van der Waals surface area contributed by atoms with Crippen LogP contribution in [0.25, 0.3) is 0 Å². The van der Waals surface area contributed by atoms with E-state index < -0.39 is 11.7 Å². The van der Waals surface area contributed by atoms with Gasteiger partial charge in [-0.05, 0) is 42.5 Å². The first-order chi connectivity index (χ1) is 11.5. The summed E-state index contributed by atoms with van der Waals surface area (Å²) in [5, 5.41) is 8.93. The molecule has 4 heteroatoms. The van der Waals surface area contributed by atoms with Crippen molar-refractivity contribution in [1.82, 2.24) is 0 Å². The topological polar surface area (TPSA) is 23.8 Å². The number of alkyl halides is 3. The van der Waals surface area contributed by atoms with E-state index in [1.165, 1.54) is 24.3 Å². The van der Waals surface area contributed by atoms with Gasteiger partial charge in [-0.2, -0.15) is 18.4 Å². The van der Waals surface area contributed by atoms with Crippen molar-refractivity contribution in [3.05, 3.63) is 82.9 Å². The van der Waals surface area contributed by atoms with Crippen LogP contribution in [0.4, 0.5) is 13.2 Å². The van der Waals surface area contributed by atoms with Gasteiger partial charge in [0.05, 0.1) is 11.1 Å². The summed E-state index contributed by atoms with van der Waals surface area (Å²) in [5.74, 6) is 10.8. The molecular formula is C20H10F3N. The van der Waals surface area contributed by atoms with E-state index in [9.17, 15) is 13.2 Å². The average Bonchev–Trinajstić information content (AvgIpc) is 2.58. The molecule has 0 aliphatic heterocycles. The molecule has 0 aliphatic rings. The van der Waals surface area contributed by atoms with Crippen LogP contribution in [-0.2, 0) is 6.18 Å². The van der Waals surface area contributed by atoms with E-state index >= 15 is 0 Å². The fourth-order valence-electron chi connectivity index (χ4n) is 1.79. The number of nitriles is 1. The molecule has 0 aliphatic carbocycles. The predicted molar refractivity (Wildman–Crippen MR) is 85.5 cm³/mol. The molecule has 0 atom stereocenters. The van der Waals surface area contributed by atoms with Gasteiger partial charge in [0.2, 0.25) is 0 Å². The molecule has 0 radical (unpaired) electrons. The molecule has 0 unspecified atom stereocenters. The number of hydrogen-bond acceptors (Lipinski definition) is 1. The lowest BCUT2D eigenvalue weighted by Gasteiger charge is -2.05.